The van der Waals surface area contributed by atoms with Crippen molar-refractivity contribution in [1.29, 1.82) is 0 Å². The highest BCUT2D eigenvalue weighted by Crippen LogP contribution is 2.18. The first-order valence-electron chi connectivity index (χ1n) is 9.72. The van der Waals surface area contributed by atoms with Crippen molar-refractivity contribution in [3.05, 3.63) is 64.2 Å². The molecule has 7 heteroatoms. The highest BCUT2D eigenvalue weighted by molar-refractivity contribution is 5.94. The van der Waals surface area contributed by atoms with E-state index >= 15 is 0 Å². The van der Waals surface area contributed by atoms with Crippen LogP contribution in [0.25, 0.3) is 10.9 Å². The smallest absolute Gasteiger partial charge is 0.338 e. The number of hydrogen-bond donors (Lipinski definition) is 0. The van der Waals surface area contributed by atoms with Gasteiger partial charge in [0, 0.05) is 13.0 Å². The van der Waals surface area contributed by atoms with Crippen LogP contribution in [0.4, 0.5) is 0 Å². The molecule has 2 heterocycles. The first kappa shape index (κ1) is 19.0. The maximum absolute atomic E-state index is 12.5. The highest BCUT2D eigenvalue weighted by Gasteiger charge is 2.17. The zero-order chi connectivity index (χ0) is 20.2. The van der Waals surface area contributed by atoms with E-state index in [2.05, 4.69) is 4.98 Å². The van der Waals surface area contributed by atoms with Crippen LogP contribution in [0.2, 0.25) is 0 Å². The number of nitrogens with zero attached hydrogens (tertiary/aromatic N) is 2. The van der Waals surface area contributed by atoms with E-state index in [0.29, 0.717) is 35.4 Å². The molecule has 0 bridgehead atoms. The van der Waals surface area contributed by atoms with Gasteiger partial charge in [0.05, 0.1) is 23.1 Å². The van der Waals surface area contributed by atoms with Crippen molar-refractivity contribution >= 4 is 16.9 Å². The predicted octanol–water partition coefficient (Wildman–Crippen LogP) is 2.98. The van der Waals surface area contributed by atoms with E-state index < -0.39 is 5.97 Å². The van der Waals surface area contributed by atoms with Gasteiger partial charge in [0.25, 0.3) is 5.56 Å². The predicted molar refractivity (Wildman–Crippen MR) is 108 cm³/mol. The Hall–Kier alpha value is -3.35. The molecule has 150 valence electrons. The lowest BCUT2D eigenvalue weighted by molar-refractivity contribution is 0.0450. The molecule has 2 aromatic carbocycles. The average molecular weight is 394 g/mol. The fourth-order valence-corrected chi connectivity index (χ4v) is 3.39. The maximum Gasteiger partial charge on any atom is 0.338 e. The summed E-state index contributed by atoms with van der Waals surface area (Å²) in [7, 11) is 0. The Morgan fingerprint density at radius 1 is 1.07 bits per heavy atom. The maximum atomic E-state index is 12.5. The van der Waals surface area contributed by atoms with Crippen LogP contribution in [0.15, 0.2) is 47.3 Å². The van der Waals surface area contributed by atoms with E-state index in [9.17, 15) is 9.59 Å². The van der Waals surface area contributed by atoms with Gasteiger partial charge in [0.2, 0.25) is 0 Å². The number of carbonyl (C=O) groups is 1. The third-order valence-corrected chi connectivity index (χ3v) is 4.77. The minimum atomic E-state index is -0.468. The van der Waals surface area contributed by atoms with Crippen molar-refractivity contribution < 1.29 is 19.0 Å². The van der Waals surface area contributed by atoms with Crippen LogP contribution in [-0.4, -0.2) is 35.3 Å². The summed E-state index contributed by atoms with van der Waals surface area (Å²) in [6.45, 7) is 3.59. The normalized spacial score (nSPS) is 12.6. The Bertz CT molecular complexity index is 1090. The summed E-state index contributed by atoms with van der Waals surface area (Å²) in [6, 6.07) is 12.1. The number of aryl methyl sites for hydroxylation is 1. The highest BCUT2D eigenvalue weighted by atomic mass is 16.6. The van der Waals surface area contributed by atoms with Crippen LogP contribution in [0, 0.1) is 0 Å². The van der Waals surface area contributed by atoms with E-state index in [1.165, 1.54) is 0 Å². The van der Waals surface area contributed by atoms with Gasteiger partial charge in [-0.25, -0.2) is 9.78 Å². The van der Waals surface area contributed by atoms with E-state index in [1.807, 2.05) is 19.1 Å². The minimum absolute atomic E-state index is 0.0498. The van der Waals surface area contributed by atoms with Crippen molar-refractivity contribution in [2.24, 2.45) is 0 Å². The first-order chi connectivity index (χ1) is 14.2. The second kappa shape index (κ2) is 8.34. The molecule has 0 saturated heterocycles. The molecule has 7 nitrogen and oxygen atoms in total. The second-order valence-corrected chi connectivity index (χ2v) is 6.71. The molecule has 0 unspecified atom stereocenters. The lowest BCUT2D eigenvalue weighted by Gasteiger charge is -2.09. The standard InChI is InChI=1S/C22H22N2O5/c1-2-27-16-6-8-17(9-7-16)28-12-13-29-22(26)15-5-10-18-19(14-15)23-20-4-3-11-24(20)21(18)25/h5-10,14H,2-4,11-13H2,1H3. The Balaban J connectivity index is 1.35. The zero-order valence-corrected chi connectivity index (χ0v) is 16.2. The molecule has 3 aromatic rings. The molecule has 0 saturated carbocycles. The number of benzene rings is 2. The number of carbonyl (C=O) groups excluding carboxylic acids is 1. The number of esters is 1. The van der Waals surface area contributed by atoms with Gasteiger partial charge in [-0.05, 0) is 55.8 Å². The van der Waals surface area contributed by atoms with Crippen LogP contribution in [0.5, 0.6) is 11.5 Å². The molecule has 29 heavy (non-hydrogen) atoms. The van der Waals surface area contributed by atoms with Crippen LogP contribution in [0.3, 0.4) is 0 Å². The summed E-state index contributed by atoms with van der Waals surface area (Å²) in [5.41, 5.74) is 0.850. The summed E-state index contributed by atoms with van der Waals surface area (Å²) in [6.07, 6.45) is 1.70. The zero-order valence-electron chi connectivity index (χ0n) is 16.2. The number of rotatable bonds is 7. The van der Waals surface area contributed by atoms with Gasteiger partial charge >= 0.3 is 5.97 Å². The second-order valence-electron chi connectivity index (χ2n) is 6.71. The van der Waals surface area contributed by atoms with Crippen LogP contribution < -0.4 is 15.0 Å². The average Bonchev–Trinajstić information content (AvgIpc) is 3.21. The molecule has 0 spiro atoms. The summed E-state index contributed by atoms with van der Waals surface area (Å²) < 4.78 is 17.9. The number of ether oxygens (including phenoxy) is 3. The fraction of sp³-hybridized carbons (Fsp3) is 0.318. The fourth-order valence-electron chi connectivity index (χ4n) is 3.39. The third-order valence-electron chi connectivity index (χ3n) is 4.77. The van der Waals surface area contributed by atoms with E-state index in [4.69, 9.17) is 14.2 Å². The topological polar surface area (TPSA) is 79.7 Å². The lowest BCUT2D eigenvalue weighted by atomic mass is 10.1. The monoisotopic (exact) mass is 394 g/mol. The quantitative estimate of drug-likeness (QED) is 0.453. The minimum Gasteiger partial charge on any atom is -0.494 e. The van der Waals surface area contributed by atoms with E-state index in [-0.39, 0.29) is 18.8 Å². The molecule has 0 N–H and O–H groups in total. The summed E-state index contributed by atoms with van der Waals surface area (Å²) in [5.74, 6) is 1.76. The molecule has 0 radical (unpaired) electrons. The number of fused-ring (bicyclic) bond motifs is 2. The van der Waals surface area contributed by atoms with Gasteiger partial charge < -0.3 is 14.2 Å². The first-order valence-corrected chi connectivity index (χ1v) is 9.72. The van der Waals surface area contributed by atoms with Gasteiger partial charge in [-0.3, -0.25) is 9.36 Å². The molecular formula is C22H22N2O5. The van der Waals surface area contributed by atoms with Crippen molar-refractivity contribution in [3.63, 3.8) is 0 Å². The SMILES string of the molecule is CCOc1ccc(OCCOC(=O)c2ccc3c(=O)n4c(nc3c2)CCC4)cc1. The molecule has 0 atom stereocenters. The molecule has 0 aliphatic carbocycles. The number of hydrogen-bond acceptors (Lipinski definition) is 6. The molecular weight excluding hydrogens is 372 g/mol. The van der Waals surface area contributed by atoms with E-state index in [0.717, 1.165) is 24.4 Å². The van der Waals surface area contributed by atoms with Crippen LogP contribution >= 0.6 is 0 Å². The Labute approximate surface area is 167 Å². The van der Waals surface area contributed by atoms with Gasteiger partial charge in [-0.15, -0.1) is 0 Å². The summed E-state index contributed by atoms with van der Waals surface area (Å²) >= 11 is 0. The Kier molecular flexibility index (Phi) is 5.46. The van der Waals surface area contributed by atoms with Gasteiger partial charge in [0.1, 0.15) is 30.5 Å². The summed E-state index contributed by atoms with van der Waals surface area (Å²) in [5, 5.41) is 0.519. The Morgan fingerprint density at radius 2 is 1.83 bits per heavy atom. The molecule has 1 aromatic heterocycles. The van der Waals surface area contributed by atoms with Gasteiger partial charge in [-0.1, -0.05) is 0 Å². The van der Waals surface area contributed by atoms with Crippen LogP contribution in [0.1, 0.15) is 29.5 Å². The van der Waals surface area contributed by atoms with Gasteiger partial charge in [0.15, 0.2) is 0 Å². The van der Waals surface area contributed by atoms with Crippen molar-refractivity contribution in [2.45, 2.75) is 26.3 Å². The van der Waals surface area contributed by atoms with Crippen LogP contribution in [-0.2, 0) is 17.7 Å². The largest absolute Gasteiger partial charge is 0.494 e. The van der Waals surface area contributed by atoms with Crippen molar-refractivity contribution in [2.75, 3.05) is 19.8 Å². The lowest BCUT2D eigenvalue weighted by Crippen LogP contribution is -2.21. The molecule has 1 aliphatic heterocycles. The van der Waals surface area contributed by atoms with E-state index in [1.54, 1.807) is 34.9 Å². The molecule has 4 rings (SSSR count). The molecule has 1 aliphatic rings. The van der Waals surface area contributed by atoms with Crippen molar-refractivity contribution in [1.82, 2.24) is 9.55 Å². The molecule has 0 fully saturated rings. The third kappa shape index (κ3) is 4.08. The van der Waals surface area contributed by atoms with Gasteiger partial charge in [-0.2, -0.15) is 0 Å². The number of aromatic nitrogens is 2. The molecule has 0 amide bonds. The Morgan fingerprint density at radius 3 is 2.59 bits per heavy atom. The summed E-state index contributed by atoms with van der Waals surface area (Å²) in [4.78, 5) is 29.4. The van der Waals surface area contributed by atoms with Crippen molar-refractivity contribution in [3.8, 4) is 11.5 Å².